The number of hydrogen-bond acceptors (Lipinski definition) is 6. The van der Waals surface area contributed by atoms with Crippen molar-refractivity contribution < 1.29 is 27.5 Å². The molecule has 0 fully saturated rings. The average molecular weight is 388 g/mol. The van der Waals surface area contributed by atoms with Gasteiger partial charge in [-0.1, -0.05) is 18.2 Å². The molecule has 9 heteroatoms. The van der Waals surface area contributed by atoms with Gasteiger partial charge in [-0.2, -0.15) is 0 Å². The highest BCUT2D eigenvalue weighted by molar-refractivity contribution is 7.92. The van der Waals surface area contributed by atoms with Crippen molar-refractivity contribution in [1.82, 2.24) is 0 Å². The van der Waals surface area contributed by atoms with E-state index in [0.29, 0.717) is 17.1 Å². The first-order valence-corrected chi connectivity index (χ1v) is 9.80. The van der Waals surface area contributed by atoms with E-state index in [-0.39, 0.29) is 18.1 Å². The van der Waals surface area contributed by atoms with E-state index in [0.717, 1.165) is 0 Å². The summed E-state index contributed by atoms with van der Waals surface area (Å²) in [5, 5.41) is 5.01. The minimum absolute atomic E-state index is 0.103. The van der Waals surface area contributed by atoms with E-state index in [1.54, 1.807) is 30.3 Å². The van der Waals surface area contributed by atoms with Crippen LogP contribution in [0, 0.1) is 0 Å². The van der Waals surface area contributed by atoms with Gasteiger partial charge in [0.1, 0.15) is 17.3 Å². The third-order valence-electron chi connectivity index (χ3n) is 3.69. The van der Waals surface area contributed by atoms with Gasteiger partial charge in [0, 0.05) is 11.3 Å². The Morgan fingerprint density at radius 3 is 2.56 bits per heavy atom. The number of nitrogens with one attached hydrogen (secondary N) is 2. The van der Waals surface area contributed by atoms with Crippen molar-refractivity contribution in [2.24, 2.45) is 0 Å². The zero-order chi connectivity index (χ0) is 19.4. The second-order valence-electron chi connectivity index (χ2n) is 5.92. The first-order chi connectivity index (χ1) is 12.8. The summed E-state index contributed by atoms with van der Waals surface area (Å²) in [7, 11) is -3.96. The number of ketones is 1. The molecule has 0 aliphatic carbocycles. The summed E-state index contributed by atoms with van der Waals surface area (Å²) in [6, 6.07) is 12.7. The fourth-order valence-electron chi connectivity index (χ4n) is 2.51. The minimum atomic E-state index is -3.96. The van der Waals surface area contributed by atoms with Crippen LogP contribution in [0.2, 0.25) is 0 Å². The monoisotopic (exact) mass is 388 g/mol. The summed E-state index contributed by atoms with van der Waals surface area (Å²) in [6.45, 7) is -0.120. The van der Waals surface area contributed by atoms with Gasteiger partial charge in [0.2, 0.25) is 5.91 Å². The molecular weight excluding hydrogens is 372 g/mol. The van der Waals surface area contributed by atoms with Crippen LogP contribution in [0.25, 0.3) is 0 Å². The molecule has 0 aromatic heterocycles. The number of Topliss-reactive ketones (excluding diaryl/α,β-unsaturated/α-hetero) is 1. The SMILES string of the molecule is O=C(CS(=O)(=O)CC(=O)c1ccc2c(c1)NC(=O)CO2)Nc1ccccc1. The van der Waals surface area contributed by atoms with Gasteiger partial charge in [-0.05, 0) is 30.3 Å². The number of rotatable bonds is 6. The number of carbonyl (C=O) groups excluding carboxylic acids is 3. The molecule has 0 saturated carbocycles. The van der Waals surface area contributed by atoms with Crippen LogP contribution in [0.4, 0.5) is 11.4 Å². The third-order valence-corrected chi connectivity index (χ3v) is 5.10. The second kappa shape index (κ2) is 7.58. The van der Waals surface area contributed by atoms with Gasteiger partial charge >= 0.3 is 0 Å². The number of benzene rings is 2. The molecule has 0 atom stereocenters. The number of carbonyl (C=O) groups is 3. The lowest BCUT2D eigenvalue weighted by atomic mass is 10.1. The van der Waals surface area contributed by atoms with Crippen LogP contribution in [-0.4, -0.2) is 44.1 Å². The first kappa shape index (κ1) is 18.6. The van der Waals surface area contributed by atoms with E-state index >= 15 is 0 Å². The van der Waals surface area contributed by atoms with Crippen molar-refractivity contribution in [2.75, 3.05) is 28.7 Å². The Morgan fingerprint density at radius 2 is 1.81 bits per heavy atom. The molecule has 2 N–H and O–H groups in total. The summed E-state index contributed by atoms with van der Waals surface area (Å²) in [6.07, 6.45) is 0. The van der Waals surface area contributed by atoms with E-state index in [4.69, 9.17) is 4.74 Å². The predicted octanol–water partition coefficient (Wildman–Crippen LogP) is 1.25. The highest BCUT2D eigenvalue weighted by Gasteiger charge is 2.23. The molecule has 2 aromatic carbocycles. The highest BCUT2D eigenvalue weighted by atomic mass is 32.2. The first-order valence-electron chi connectivity index (χ1n) is 7.98. The predicted molar refractivity (Wildman–Crippen MR) is 98.6 cm³/mol. The number of anilines is 2. The Hall–Kier alpha value is -3.20. The van der Waals surface area contributed by atoms with Gasteiger partial charge in [0.05, 0.1) is 5.69 Å². The van der Waals surface area contributed by atoms with Crippen LogP contribution in [0.3, 0.4) is 0 Å². The maximum Gasteiger partial charge on any atom is 0.262 e. The van der Waals surface area contributed by atoms with Crippen LogP contribution in [-0.2, 0) is 19.4 Å². The Morgan fingerprint density at radius 1 is 1.07 bits per heavy atom. The van der Waals surface area contributed by atoms with Gasteiger partial charge in [0.25, 0.3) is 5.91 Å². The normalized spacial score (nSPS) is 13.1. The molecular formula is C18H16N2O6S. The molecule has 0 bridgehead atoms. The summed E-state index contributed by atoms with van der Waals surface area (Å²) < 4.78 is 29.5. The van der Waals surface area contributed by atoms with Gasteiger partial charge in [-0.15, -0.1) is 0 Å². The molecule has 2 amide bonds. The van der Waals surface area contributed by atoms with E-state index in [1.807, 2.05) is 0 Å². The van der Waals surface area contributed by atoms with Crippen molar-refractivity contribution in [3.8, 4) is 5.75 Å². The molecule has 140 valence electrons. The lowest BCUT2D eigenvalue weighted by Crippen LogP contribution is -2.28. The van der Waals surface area contributed by atoms with E-state index in [9.17, 15) is 22.8 Å². The van der Waals surface area contributed by atoms with Gasteiger partial charge < -0.3 is 15.4 Å². The molecule has 1 heterocycles. The van der Waals surface area contributed by atoms with Crippen molar-refractivity contribution in [3.05, 3.63) is 54.1 Å². The Bertz CT molecular complexity index is 1000. The molecule has 8 nitrogen and oxygen atoms in total. The molecule has 0 radical (unpaired) electrons. The van der Waals surface area contributed by atoms with E-state index < -0.39 is 33.0 Å². The smallest absolute Gasteiger partial charge is 0.262 e. The van der Waals surface area contributed by atoms with Crippen molar-refractivity contribution >= 4 is 38.8 Å². The Kier molecular flexibility index (Phi) is 5.22. The number of para-hydroxylation sites is 1. The zero-order valence-corrected chi connectivity index (χ0v) is 14.9. The number of fused-ring (bicyclic) bond motifs is 1. The molecule has 2 aromatic rings. The van der Waals surface area contributed by atoms with Gasteiger partial charge in [0.15, 0.2) is 22.2 Å². The third kappa shape index (κ3) is 4.91. The minimum Gasteiger partial charge on any atom is -0.482 e. The molecule has 1 aliphatic heterocycles. The lowest BCUT2D eigenvalue weighted by molar-refractivity contribution is -0.118. The van der Waals surface area contributed by atoms with Crippen LogP contribution in [0.1, 0.15) is 10.4 Å². The Labute approximate surface area is 155 Å². The van der Waals surface area contributed by atoms with E-state index in [2.05, 4.69) is 10.6 Å². The van der Waals surface area contributed by atoms with Crippen LogP contribution in [0.5, 0.6) is 5.75 Å². The highest BCUT2D eigenvalue weighted by Crippen LogP contribution is 2.28. The lowest BCUT2D eigenvalue weighted by Gasteiger charge is -2.18. The van der Waals surface area contributed by atoms with Crippen LogP contribution < -0.4 is 15.4 Å². The summed E-state index contributed by atoms with van der Waals surface area (Å²) >= 11 is 0. The maximum atomic E-state index is 12.3. The Balaban J connectivity index is 1.65. The van der Waals surface area contributed by atoms with Crippen LogP contribution >= 0.6 is 0 Å². The summed E-state index contributed by atoms with van der Waals surface area (Å²) in [5.74, 6) is -2.99. The molecule has 3 rings (SSSR count). The summed E-state index contributed by atoms with van der Waals surface area (Å²) in [5.41, 5.74) is 0.873. The number of ether oxygens (including phenoxy) is 1. The van der Waals surface area contributed by atoms with Crippen molar-refractivity contribution in [3.63, 3.8) is 0 Å². The fraction of sp³-hybridized carbons (Fsp3) is 0.167. The van der Waals surface area contributed by atoms with Crippen molar-refractivity contribution in [2.45, 2.75) is 0 Å². The van der Waals surface area contributed by atoms with E-state index in [1.165, 1.54) is 18.2 Å². The summed E-state index contributed by atoms with van der Waals surface area (Å²) in [4.78, 5) is 35.6. The fourth-order valence-corrected chi connectivity index (χ4v) is 3.65. The average Bonchev–Trinajstić information content (AvgIpc) is 2.60. The number of hydrogen-bond donors (Lipinski definition) is 2. The maximum absolute atomic E-state index is 12.3. The largest absolute Gasteiger partial charge is 0.482 e. The zero-order valence-electron chi connectivity index (χ0n) is 14.1. The molecule has 1 aliphatic rings. The molecule has 0 saturated heterocycles. The standard InChI is InChI=1S/C18H16N2O6S/c21-15(12-6-7-16-14(8-12)20-17(22)9-26-16)10-27(24,25)11-18(23)19-13-4-2-1-3-5-13/h1-8H,9-11H2,(H,19,23)(H,20,22). The molecule has 0 unspecified atom stereocenters. The van der Waals surface area contributed by atoms with Crippen LogP contribution in [0.15, 0.2) is 48.5 Å². The topological polar surface area (TPSA) is 119 Å². The number of sulfone groups is 1. The molecule has 27 heavy (non-hydrogen) atoms. The van der Waals surface area contributed by atoms with Gasteiger partial charge in [-0.3, -0.25) is 14.4 Å². The van der Waals surface area contributed by atoms with Crippen molar-refractivity contribution in [1.29, 1.82) is 0 Å². The second-order valence-corrected chi connectivity index (χ2v) is 7.98. The van der Waals surface area contributed by atoms with Gasteiger partial charge in [-0.25, -0.2) is 8.42 Å². The quantitative estimate of drug-likeness (QED) is 0.719. The molecule has 0 spiro atoms. The number of amides is 2.